The molecule has 0 aromatic heterocycles. The molecule has 0 saturated carbocycles. The van der Waals surface area contributed by atoms with E-state index in [1.807, 2.05) is 24.3 Å². The second-order valence-electron chi connectivity index (χ2n) is 3.87. The molecule has 2 heteroatoms. The van der Waals surface area contributed by atoms with Gasteiger partial charge < -0.3 is 0 Å². The van der Waals surface area contributed by atoms with Gasteiger partial charge in [0.15, 0.2) is 0 Å². The van der Waals surface area contributed by atoms with Gasteiger partial charge in [-0.2, -0.15) is 4.99 Å². The van der Waals surface area contributed by atoms with Crippen LogP contribution in [0.15, 0.2) is 59.6 Å². The Kier molecular flexibility index (Phi) is 2.45. The summed E-state index contributed by atoms with van der Waals surface area (Å²) >= 11 is 4.74. The van der Waals surface area contributed by atoms with Gasteiger partial charge in [-0.3, -0.25) is 0 Å². The molecular weight excluding hydrogens is 226 g/mol. The summed E-state index contributed by atoms with van der Waals surface area (Å²) in [6.45, 7) is 0. The van der Waals surface area contributed by atoms with Gasteiger partial charge in [0.1, 0.15) is 0 Å². The first-order valence-electron chi connectivity index (χ1n) is 5.38. The van der Waals surface area contributed by atoms with Crippen molar-refractivity contribution in [1.82, 2.24) is 0 Å². The maximum Gasteiger partial charge on any atom is 0.0896 e. The van der Waals surface area contributed by atoms with E-state index in [4.69, 9.17) is 12.2 Å². The summed E-state index contributed by atoms with van der Waals surface area (Å²) < 4.78 is 0. The van der Waals surface area contributed by atoms with E-state index in [0.29, 0.717) is 0 Å². The van der Waals surface area contributed by atoms with E-state index in [0.717, 1.165) is 16.5 Å². The second kappa shape index (κ2) is 4.10. The van der Waals surface area contributed by atoms with Crippen LogP contribution in [-0.2, 0) is 0 Å². The summed E-state index contributed by atoms with van der Waals surface area (Å²) in [5.41, 5.74) is 0.911. The third-order valence-corrected chi connectivity index (χ3v) is 2.99. The smallest absolute Gasteiger partial charge is 0.0896 e. The normalized spacial score (nSPS) is 10.4. The fourth-order valence-electron chi connectivity index (χ4n) is 2.16. The molecule has 0 spiro atoms. The number of hydrogen-bond acceptors (Lipinski definition) is 2. The number of benzene rings is 3. The fraction of sp³-hybridized carbons (Fsp3) is 0. The number of hydrogen-bond donors (Lipinski definition) is 0. The largest absolute Gasteiger partial charge is 0.193 e. The highest BCUT2D eigenvalue weighted by atomic mass is 32.1. The molecule has 3 rings (SSSR count). The molecule has 0 N–H and O–H groups in total. The zero-order valence-electron chi connectivity index (χ0n) is 9.05. The third kappa shape index (κ3) is 1.64. The van der Waals surface area contributed by atoms with Crippen LogP contribution in [0.3, 0.4) is 0 Å². The van der Waals surface area contributed by atoms with Gasteiger partial charge in [-0.15, -0.1) is 0 Å². The Morgan fingerprint density at radius 1 is 0.824 bits per heavy atom. The van der Waals surface area contributed by atoms with E-state index in [1.54, 1.807) is 0 Å². The molecule has 1 nitrogen and oxygen atoms in total. The van der Waals surface area contributed by atoms with Crippen LogP contribution in [0.5, 0.6) is 0 Å². The summed E-state index contributed by atoms with van der Waals surface area (Å²) in [4.78, 5) is 4.23. The van der Waals surface area contributed by atoms with Crippen molar-refractivity contribution in [2.24, 2.45) is 4.99 Å². The molecule has 0 heterocycles. The summed E-state index contributed by atoms with van der Waals surface area (Å²) in [6.07, 6.45) is 0. The number of nitrogens with zero attached hydrogens (tertiary/aromatic N) is 1. The van der Waals surface area contributed by atoms with Crippen molar-refractivity contribution in [2.45, 2.75) is 0 Å². The second-order valence-corrected chi connectivity index (χ2v) is 4.05. The highest BCUT2D eigenvalue weighted by Crippen LogP contribution is 2.34. The molecule has 17 heavy (non-hydrogen) atoms. The lowest BCUT2D eigenvalue weighted by atomic mass is 10.0. The van der Waals surface area contributed by atoms with Crippen LogP contribution in [0.1, 0.15) is 0 Å². The van der Waals surface area contributed by atoms with Gasteiger partial charge in [-0.05, 0) is 29.1 Å². The number of isothiocyanates is 1. The molecule has 0 saturated heterocycles. The van der Waals surface area contributed by atoms with Gasteiger partial charge in [0.05, 0.1) is 10.8 Å². The van der Waals surface area contributed by atoms with Gasteiger partial charge in [-0.1, -0.05) is 48.5 Å². The van der Waals surface area contributed by atoms with E-state index in [1.165, 1.54) is 10.8 Å². The van der Waals surface area contributed by atoms with Crippen LogP contribution >= 0.6 is 12.2 Å². The lowest BCUT2D eigenvalue weighted by Crippen LogP contribution is -1.78. The first-order valence-corrected chi connectivity index (χ1v) is 5.79. The number of rotatable bonds is 1. The minimum atomic E-state index is 0.911. The first-order chi connectivity index (χ1) is 8.40. The van der Waals surface area contributed by atoms with Crippen molar-refractivity contribution in [3.63, 3.8) is 0 Å². The summed E-state index contributed by atoms with van der Waals surface area (Å²) in [7, 11) is 0. The molecule has 3 aromatic rings. The Bertz CT molecular complexity index is 701. The minimum Gasteiger partial charge on any atom is -0.193 e. The summed E-state index contributed by atoms with van der Waals surface area (Å²) in [5, 5.41) is 7.06. The van der Waals surface area contributed by atoms with Gasteiger partial charge in [0, 0.05) is 10.8 Å². The van der Waals surface area contributed by atoms with Crippen LogP contribution in [0.25, 0.3) is 21.5 Å². The van der Waals surface area contributed by atoms with Crippen LogP contribution in [0, 0.1) is 0 Å². The van der Waals surface area contributed by atoms with Crippen molar-refractivity contribution in [2.75, 3.05) is 0 Å². The Balaban J connectivity index is 2.60. The van der Waals surface area contributed by atoms with Crippen molar-refractivity contribution < 1.29 is 0 Å². The van der Waals surface area contributed by atoms with E-state index < -0.39 is 0 Å². The average molecular weight is 235 g/mol. The molecule has 0 radical (unpaired) electrons. The lowest BCUT2D eigenvalue weighted by molar-refractivity contribution is 1.63. The predicted molar refractivity (Wildman–Crippen MR) is 76.1 cm³/mol. The van der Waals surface area contributed by atoms with E-state index in [9.17, 15) is 0 Å². The monoisotopic (exact) mass is 235 g/mol. The topological polar surface area (TPSA) is 12.4 Å². The molecular formula is C15H9NS. The minimum absolute atomic E-state index is 0.911. The number of aliphatic imine (C=N–C) groups is 1. The van der Waals surface area contributed by atoms with Gasteiger partial charge in [0.2, 0.25) is 0 Å². The highest BCUT2D eigenvalue weighted by Gasteiger charge is 2.05. The molecule has 0 amide bonds. The van der Waals surface area contributed by atoms with Crippen LogP contribution in [-0.4, -0.2) is 5.16 Å². The summed E-state index contributed by atoms with van der Waals surface area (Å²) in [5.74, 6) is 0. The van der Waals surface area contributed by atoms with Crippen LogP contribution < -0.4 is 0 Å². The average Bonchev–Trinajstić information content (AvgIpc) is 2.39. The van der Waals surface area contributed by atoms with Crippen molar-refractivity contribution >= 4 is 44.6 Å². The summed E-state index contributed by atoms with van der Waals surface area (Å²) in [6, 6.07) is 18.6. The SMILES string of the molecule is S=C=Nc1c2ccccc2cc2ccccc12. The van der Waals surface area contributed by atoms with E-state index in [2.05, 4.69) is 40.5 Å². The van der Waals surface area contributed by atoms with Gasteiger partial charge in [0.25, 0.3) is 0 Å². The molecule has 3 aromatic carbocycles. The molecule has 80 valence electrons. The molecule has 0 bridgehead atoms. The maximum atomic E-state index is 4.74. The first kappa shape index (κ1) is 10.2. The third-order valence-electron chi connectivity index (χ3n) is 2.90. The molecule has 0 fully saturated rings. The van der Waals surface area contributed by atoms with Crippen LogP contribution in [0.2, 0.25) is 0 Å². The standard InChI is InChI=1S/C15H9NS/c17-10-16-15-13-7-3-1-5-11(13)9-12-6-2-4-8-14(12)15/h1-9H. The van der Waals surface area contributed by atoms with Crippen molar-refractivity contribution in [3.05, 3.63) is 54.6 Å². The predicted octanol–water partition coefficient (Wildman–Crippen LogP) is 4.73. The number of fused-ring (bicyclic) bond motifs is 2. The zero-order chi connectivity index (χ0) is 11.7. The Hall–Kier alpha value is -2.02. The lowest BCUT2D eigenvalue weighted by Gasteiger charge is -2.06. The molecule has 0 aliphatic carbocycles. The molecule has 0 atom stereocenters. The molecule has 0 aliphatic heterocycles. The zero-order valence-corrected chi connectivity index (χ0v) is 9.87. The maximum absolute atomic E-state index is 4.74. The van der Waals surface area contributed by atoms with Crippen molar-refractivity contribution in [3.8, 4) is 0 Å². The Morgan fingerprint density at radius 3 is 1.88 bits per heavy atom. The van der Waals surface area contributed by atoms with Crippen LogP contribution in [0.4, 0.5) is 5.69 Å². The van der Waals surface area contributed by atoms with Gasteiger partial charge in [-0.25, -0.2) is 0 Å². The Morgan fingerprint density at radius 2 is 1.35 bits per heavy atom. The quantitative estimate of drug-likeness (QED) is 0.337. The molecule has 0 unspecified atom stereocenters. The highest BCUT2D eigenvalue weighted by molar-refractivity contribution is 7.78. The van der Waals surface area contributed by atoms with Crippen molar-refractivity contribution in [1.29, 1.82) is 0 Å². The van der Waals surface area contributed by atoms with E-state index in [-0.39, 0.29) is 0 Å². The van der Waals surface area contributed by atoms with Gasteiger partial charge >= 0.3 is 0 Å². The number of thiocarbonyl (C=S) groups is 1. The van der Waals surface area contributed by atoms with E-state index >= 15 is 0 Å². The fourth-order valence-corrected chi connectivity index (χ4v) is 2.25. The Labute approximate surface area is 104 Å². The molecule has 0 aliphatic rings.